The summed E-state index contributed by atoms with van der Waals surface area (Å²) in [5.41, 5.74) is 1.16. The van der Waals surface area contributed by atoms with Gasteiger partial charge in [-0.1, -0.05) is 18.0 Å². The minimum absolute atomic E-state index is 0.110. The Bertz CT molecular complexity index is 1390. The number of carbonyl (C=O) groups is 1. The van der Waals surface area contributed by atoms with E-state index in [1.807, 2.05) is 18.2 Å². The molecule has 3 aromatic rings. The van der Waals surface area contributed by atoms with E-state index in [1.165, 1.54) is 56.9 Å². The van der Waals surface area contributed by atoms with E-state index in [2.05, 4.69) is 44.3 Å². The third-order valence-corrected chi connectivity index (χ3v) is 10.1. The third kappa shape index (κ3) is 7.03. The summed E-state index contributed by atoms with van der Waals surface area (Å²) in [5.74, 6) is 3.04. The summed E-state index contributed by atoms with van der Waals surface area (Å²) >= 11 is 7.59. The predicted octanol–water partition coefficient (Wildman–Crippen LogP) is 6.29. The Morgan fingerprint density at radius 2 is 2.07 bits per heavy atom. The quantitative estimate of drug-likeness (QED) is 0.118. The van der Waals surface area contributed by atoms with Crippen LogP contribution < -0.4 is 20.1 Å². The van der Waals surface area contributed by atoms with E-state index < -0.39 is 0 Å². The van der Waals surface area contributed by atoms with Crippen LogP contribution >= 0.6 is 23.5 Å². The fourth-order valence-electron chi connectivity index (χ4n) is 6.23. The van der Waals surface area contributed by atoms with Gasteiger partial charge in [0.05, 0.1) is 12.2 Å². The summed E-state index contributed by atoms with van der Waals surface area (Å²) in [5, 5.41) is 11.6. The van der Waals surface area contributed by atoms with Gasteiger partial charge in [0.25, 0.3) is 5.91 Å². The van der Waals surface area contributed by atoms with Crippen molar-refractivity contribution in [3.8, 4) is 11.7 Å². The van der Waals surface area contributed by atoms with E-state index >= 15 is 0 Å². The number of hydrogen-bond acceptors (Lipinski definition) is 8. The molecule has 1 amide bonds. The first-order valence-electron chi connectivity index (χ1n) is 15.1. The molecule has 1 spiro atoms. The molecule has 4 heterocycles. The van der Waals surface area contributed by atoms with E-state index in [1.54, 1.807) is 29.2 Å². The molecule has 3 fully saturated rings. The van der Waals surface area contributed by atoms with Crippen molar-refractivity contribution in [2.75, 3.05) is 25.0 Å². The number of amides is 1. The Hall–Kier alpha value is -2.82. The highest BCUT2D eigenvalue weighted by Gasteiger charge is 2.55. The van der Waals surface area contributed by atoms with Crippen molar-refractivity contribution >= 4 is 35.3 Å². The molecule has 0 bridgehead atoms. The van der Waals surface area contributed by atoms with E-state index in [9.17, 15) is 4.79 Å². The van der Waals surface area contributed by atoms with E-state index in [0.29, 0.717) is 35.2 Å². The van der Waals surface area contributed by atoms with Crippen LogP contribution in [-0.2, 0) is 0 Å². The van der Waals surface area contributed by atoms with Gasteiger partial charge in [-0.3, -0.25) is 9.52 Å². The lowest BCUT2D eigenvalue weighted by molar-refractivity contribution is 0.0815. The van der Waals surface area contributed by atoms with Crippen LogP contribution in [0.15, 0.2) is 47.6 Å². The van der Waals surface area contributed by atoms with Crippen molar-refractivity contribution in [1.82, 2.24) is 29.8 Å². The van der Waals surface area contributed by atoms with Crippen LogP contribution in [0.5, 0.6) is 5.88 Å². The fraction of sp³-hybridized carbons (Fsp3) is 0.548. The van der Waals surface area contributed by atoms with Gasteiger partial charge in [-0.05, 0) is 119 Å². The molecule has 1 aliphatic heterocycles. The number of hydrogen-bond donors (Lipinski definition) is 3. The van der Waals surface area contributed by atoms with Crippen LogP contribution in [0.1, 0.15) is 75.6 Å². The van der Waals surface area contributed by atoms with Crippen molar-refractivity contribution in [3.63, 3.8) is 0 Å². The van der Waals surface area contributed by atoms with Gasteiger partial charge in [-0.15, -0.1) is 5.10 Å². The second-order valence-corrected chi connectivity index (χ2v) is 13.9. The molecule has 6 rings (SSSR count). The largest absolute Gasteiger partial charge is 0.476 e. The zero-order valence-electron chi connectivity index (χ0n) is 24.4. The van der Waals surface area contributed by atoms with Crippen molar-refractivity contribution in [1.29, 1.82) is 0 Å². The summed E-state index contributed by atoms with van der Waals surface area (Å²) in [7, 11) is 0. The second kappa shape index (κ2) is 12.4. The molecule has 224 valence electrons. The number of aromatic nitrogens is 4. The Morgan fingerprint density at radius 3 is 2.76 bits per heavy atom. The molecule has 3 aliphatic rings. The van der Waals surface area contributed by atoms with Gasteiger partial charge in [0, 0.05) is 35.4 Å². The molecule has 42 heavy (non-hydrogen) atoms. The van der Waals surface area contributed by atoms with E-state index in [-0.39, 0.29) is 16.6 Å². The van der Waals surface area contributed by atoms with Crippen LogP contribution in [0.3, 0.4) is 0 Å². The molecule has 2 saturated carbocycles. The number of nitrogens with zero attached hydrogens (tertiary/aromatic N) is 4. The molecule has 2 aliphatic carbocycles. The Balaban J connectivity index is 0.920. The summed E-state index contributed by atoms with van der Waals surface area (Å²) in [6.07, 6.45) is 13.7. The van der Waals surface area contributed by atoms with Crippen molar-refractivity contribution in [3.05, 3.63) is 53.4 Å². The maximum absolute atomic E-state index is 12.8. The Morgan fingerprint density at radius 1 is 1.19 bits per heavy atom. The molecular formula is C31H40ClN7O2S. The van der Waals surface area contributed by atoms with Crippen molar-refractivity contribution in [2.24, 2.45) is 17.3 Å². The third-order valence-electron chi connectivity index (χ3n) is 9.07. The molecule has 3 N–H and O–H groups in total. The number of carbonyl (C=O) groups excluding carboxylic acids is 1. The lowest BCUT2D eigenvalue weighted by Crippen LogP contribution is -2.32. The lowest BCUT2D eigenvalue weighted by Gasteiger charge is -2.36. The number of rotatable bonds is 13. The highest BCUT2D eigenvalue weighted by molar-refractivity contribution is 7.98. The minimum Gasteiger partial charge on any atom is -0.476 e. The molecule has 2 atom stereocenters. The average molecular weight is 610 g/mol. The molecular weight excluding hydrogens is 570 g/mol. The first-order chi connectivity index (χ1) is 20.3. The topological polar surface area (TPSA) is 106 Å². The molecule has 9 nitrogen and oxygen atoms in total. The lowest BCUT2D eigenvalue weighted by atomic mass is 9.71. The predicted molar refractivity (Wildman–Crippen MR) is 166 cm³/mol. The highest BCUT2D eigenvalue weighted by atomic mass is 35.5. The summed E-state index contributed by atoms with van der Waals surface area (Å²) < 4.78 is 10.4. The SMILES string of the molecule is CC1(C)CC(CCCCNc2ccc(SNC(=O)c3ccc(-n4ccc(OCC5CCC56CC6)n4)nc3Cl)cn2)CN1. The normalized spacial score (nSPS) is 21.6. The highest BCUT2D eigenvalue weighted by Crippen LogP contribution is 2.64. The summed E-state index contributed by atoms with van der Waals surface area (Å²) in [4.78, 5) is 22.5. The van der Waals surface area contributed by atoms with Crippen LogP contribution in [0.25, 0.3) is 5.82 Å². The van der Waals surface area contributed by atoms with Crippen LogP contribution in [0.4, 0.5) is 5.82 Å². The zero-order chi connectivity index (χ0) is 29.2. The molecule has 11 heteroatoms. The Kier molecular flexibility index (Phi) is 8.65. The molecule has 0 radical (unpaired) electrons. The van der Waals surface area contributed by atoms with Gasteiger partial charge in [-0.25, -0.2) is 14.6 Å². The Labute approximate surface area is 257 Å². The van der Waals surface area contributed by atoms with Gasteiger partial charge >= 0.3 is 0 Å². The average Bonchev–Trinajstić information content (AvgIpc) is 3.56. The second-order valence-electron chi connectivity index (χ2n) is 12.7. The van der Waals surface area contributed by atoms with Gasteiger partial charge in [0.1, 0.15) is 11.0 Å². The number of anilines is 1. The minimum atomic E-state index is -0.328. The van der Waals surface area contributed by atoms with Gasteiger partial charge in [-0.2, -0.15) is 0 Å². The molecule has 0 aromatic carbocycles. The first kappa shape index (κ1) is 29.3. The van der Waals surface area contributed by atoms with Gasteiger partial charge in [0.2, 0.25) is 5.88 Å². The summed E-state index contributed by atoms with van der Waals surface area (Å²) in [6.45, 7) is 7.31. The van der Waals surface area contributed by atoms with Crippen molar-refractivity contribution in [2.45, 2.75) is 75.6 Å². The summed E-state index contributed by atoms with van der Waals surface area (Å²) in [6, 6.07) is 9.07. The van der Waals surface area contributed by atoms with Crippen LogP contribution in [-0.4, -0.2) is 50.9 Å². The zero-order valence-corrected chi connectivity index (χ0v) is 25.9. The monoisotopic (exact) mass is 609 g/mol. The molecule has 1 saturated heterocycles. The maximum atomic E-state index is 12.8. The number of unbranched alkanes of at least 4 members (excludes halogenated alkanes) is 1. The van der Waals surface area contributed by atoms with Gasteiger partial charge < -0.3 is 15.4 Å². The molecule has 3 aromatic heterocycles. The maximum Gasteiger partial charge on any atom is 0.264 e. The number of nitrogens with one attached hydrogen (secondary N) is 3. The molecule has 2 unspecified atom stereocenters. The number of pyridine rings is 2. The van der Waals surface area contributed by atoms with E-state index in [0.717, 1.165) is 36.1 Å². The number of ether oxygens (including phenoxy) is 1. The van der Waals surface area contributed by atoms with Gasteiger partial charge in [0.15, 0.2) is 5.82 Å². The standard InChI is InChI=1S/C31H40ClN7O2S/c1-30(2)17-21(18-35-30)5-3-4-15-33-25-8-6-23(19-34-25)42-38-29(40)24-7-9-26(36-28(24)32)39-16-11-27(37-39)41-20-22-10-12-31(22)13-14-31/h6-9,11,16,19,21-22,35H,3-5,10,12-15,17-18,20H2,1-2H3,(H,33,34)(H,38,40). The first-order valence-corrected chi connectivity index (χ1v) is 16.3. The fourth-order valence-corrected chi connectivity index (χ4v) is 7.02. The van der Waals surface area contributed by atoms with Crippen molar-refractivity contribution < 1.29 is 9.53 Å². The van der Waals surface area contributed by atoms with E-state index in [4.69, 9.17) is 16.3 Å². The van der Waals surface area contributed by atoms with Crippen LogP contribution in [0.2, 0.25) is 5.15 Å². The number of halogens is 1. The smallest absolute Gasteiger partial charge is 0.264 e. The van der Waals surface area contributed by atoms with Crippen LogP contribution in [0, 0.1) is 17.3 Å².